The average Bonchev–Trinajstić information content (AvgIpc) is 2.30. The molecular formula is C10H11F3N2O3S. The normalized spacial score (nSPS) is 11.4. The second-order valence-corrected chi connectivity index (χ2v) is 5.48. The molecule has 0 saturated heterocycles. The summed E-state index contributed by atoms with van der Waals surface area (Å²) < 4.78 is 62.2. The molecule has 9 heteroatoms. The van der Waals surface area contributed by atoms with Gasteiger partial charge in [-0.25, -0.2) is 26.3 Å². The minimum atomic E-state index is -3.39. The lowest BCUT2D eigenvalue weighted by Crippen LogP contribution is -2.34. The van der Waals surface area contributed by atoms with Crippen molar-refractivity contribution in [2.24, 2.45) is 0 Å². The highest BCUT2D eigenvalue weighted by Crippen LogP contribution is 2.14. The van der Waals surface area contributed by atoms with E-state index in [9.17, 15) is 26.4 Å². The van der Waals surface area contributed by atoms with Crippen LogP contribution in [-0.4, -0.2) is 33.7 Å². The zero-order chi connectivity index (χ0) is 14.6. The predicted molar refractivity (Wildman–Crippen MR) is 61.5 cm³/mol. The third kappa shape index (κ3) is 4.52. The molecule has 0 atom stereocenters. The second-order valence-electron chi connectivity index (χ2n) is 3.65. The van der Waals surface area contributed by atoms with Crippen LogP contribution in [0.4, 0.5) is 13.2 Å². The summed E-state index contributed by atoms with van der Waals surface area (Å²) in [6.45, 7) is -0.222. The lowest BCUT2D eigenvalue weighted by Gasteiger charge is -2.07. The summed E-state index contributed by atoms with van der Waals surface area (Å²) in [6, 6.07) is 1.43. The fourth-order valence-electron chi connectivity index (χ4n) is 1.21. The summed E-state index contributed by atoms with van der Waals surface area (Å²) in [5.74, 6) is -5.69. The van der Waals surface area contributed by atoms with Crippen molar-refractivity contribution < 1.29 is 26.4 Å². The van der Waals surface area contributed by atoms with Crippen molar-refractivity contribution in [2.75, 3.05) is 19.3 Å². The van der Waals surface area contributed by atoms with E-state index in [1.54, 1.807) is 0 Å². The molecule has 0 radical (unpaired) electrons. The number of nitrogens with one attached hydrogen (secondary N) is 2. The van der Waals surface area contributed by atoms with E-state index < -0.39 is 38.9 Å². The van der Waals surface area contributed by atoms with Gasteiger partial charge in [0.1, 0.15) is 0 Å². The van der Waals surface area contributed by atoms with Gasteiger partial charge in [0.15, 0.2) is 17.5 Å². The lowest BCUT2D eigenvalue weighted by atomic mass is 10.2. The van der Waals surface area contributed by atoms with Crippen LogP contribution in [0.25, 0.3) is 0 Å². The van der Waals surface area contributed by atoms with Gasteiger partial charge in [0.05, 0.1) is 11.8 Å². The highest BCUT2D eigenvalue weighted by molar-refractivity contribution is 7.88. The van der Waals surface area contributed by atoms with Crippen LogP contribution in [-0.2, 0) is 10.0 Å². The molecule has 0 spiro atoms. The SMILES string of the molecule is CS(=O)(=O)NCCNC(=O)c1ccc(F)c(F)c1F. The van der Waals surface area contributed by atoms with Gasteiger partial charge in [-0.3, -0.25) is 4.79 Å². The summed E-state index contributed by atoms with van der Waals surface area (Å²) in [7, 11) is -3.39. The van der Waals surface area contributed by atoms with E-state index in [0.717, 1.165) is 12.3 Å². The Morgan fingerprint density at radius 3 is 2.37 bits per heavy atom. The summed E-state index contributed by atoms with van der Waals surface area (Å²) >= 11 is 0. The molecule has 0 aliphatic heterocycles. The molecule has 0 aromatic heterocycles. The van der Waals surface area contributed by atoms with Gasteiger partial charge in [-0.2, -0.15) is 0 Å². The van der Waals surface area contributed by atoms with E-state index in [1.165, 1.54) is 0 Å². The lowest BCUT2D eigenvalue weighted by molar-refractivity contribution is 0.0949. The summed E-state index contributed by atoms with van der Waals surface area (Å²) in [6.07, 6.45) is 0.934. The summed E-state index contributed by atoms with van der Waals surface area (Å²) in [5, 5.41) is 2.16. The van der Waals surface area contributed by atoms with Crippen molar-refractivity contribution in [1.82, 2.24) is 10.0 Å². The average molecular weight is 296 g/mol. The maximum Gasteiger partial charge on any atom is 0.254 e. The van der Waals surface area contributed by atoms with Crippen LogP contribution in [0.5, 0.6) is 0 Å². The zero-order valence-corrected chi connectivity index (χ0v) is 10.7. The van der Waals surface area contributed by atoms with Gasteiger partial charge in [0, 0.05) is 13.1 Å². The maximum absolute atomic E-state index is 13.2. The number of hydrogen-bond acceptors (Lipinski definition) is 3. The number of halogens is 3. The van der Waals surface area contributed by atoms with Gasteiger partial charge in [0.25, 0.3) is 5.91 Å². The molecule has 0 fully saturated rings. The number of amides is 1. The van der Waals surface area contributed by atoms with Crippen LogP contribution in [0.3, 0.4) is 0 Å². The first kappa shape index (κ1) is 15.4. The van der Waals surface area contributed by atoms with Gasteiger partial charge < -0.3 is 5.32 Å². The molecule has 106 valence electrons. The van der Waals surface area contributed by atoms with Crippen LogP contribution in [0.2, 0.25) is 0 Å². The monoisotopic (exact) mass is 296 g/mol. The standard InChI is InChI=1S/C10H11F3N2O3S/c1-19(17,18)15-5-4-14-10(16)6-2-3-7(11)9(13)8(6)12/h2-3,15H,4-5H2,1H3,(H,14,16). The van der Waals surface area contributed by atoms with Crippen LogP contribution >= 0.6 is 0 Å². The Bertz CT molecular complexity index is 590. The number of benzene rings is 1. The number of hydrogen-bond donors (Lipinski definition) is 2. The number of sulfonamides is 1. The van der Waals surface area contributed by atoms with Gasteiger partial charge in [-0.05, 0) is 12.1 Å². The van der Waals surface area contributed by atoms with E-state index in [0.29, 0.717) is 6.07 Å². The largest absolute Gasteiger partial charge is 0.351 e. The predicted octanol–water partition coefficient (Wildman–Crippen LogP) is 0.383. The fraction of sp³-hybridized carbons (Fsp3) is 0.300. The first-order valence-corrected chi connectivity index (χ1v) is 6.98. The van der Waals surface area contributed by atoms with E-state index in [4.69, 9.17) is 0 Å². The van der Waals surface area contributed by atoms with E-state index in [-0.39, 0.29) is 13.1 Å². The minimum Gasteiger partial charge on any atom is -0.351 e. The molecule has 0 unspecified atom stereocenters. The van der Waals surface area contributed by atoms with E-state index in [2.05, 4.69) is 10.0 Å². The fourth-order valence-corrected chi connectivity index (χ4v) is 1.68. The molecule has 0 aliphatic rings. The molecule has 5 nitrogen and oxygen atoms in total. The number of carbonyl (C=O) groups excluding carboxylic acids is 1. The van der Waals surface area contributed by atoms with Gasteiger partial charge in [0.2, 0.25) is 10.0 Å². The molecule has 0 bridgehead atoms. The van der Waals surface area contributed by atoms with E-state index >= 15 is 0 Å². The minimum absolute atomic E-state index is 0.101. The third-order valence-electron chi connectivity index (χ3n) is 2.05. The van der Waals surface area contributed by atoms with Gasteiger partial charge in [-0.1, -0.05) is 0 Å². The van der Waals surface area contributed by atoms with Crippen LogP contribution in [0.15, 0.2) is 12.1 Å². The Balaban J connectivity index is 2.62. The number of carbonyl (C=O) groups is 1. The summed E-state index contributed by atoms with van der Waals surface area (Å²) in [5.41, 5.74) is -0.654. The molecule has 0 heterocycles. The molecular weight excluding hydrogens is 285 g/mol. The summed E-state index contributed by atoms with van der Waals surface area (Å²) in [4.78, 5) is 11.4. The van der Waals surface area contributed by atoms with Crippen molar-refractivity contribution in [3.63, 3.8) is 0 Å². The highest BCUT2D eigenvalue weighted by Gasteiger charge is 2.18. The van der Waals surface area contributed by atoms with E-state index in [1.807, 2.05) is 0 Å². The first-order chi connectivity index (χ1) is 8.72. The number of rotatable bonds is 5. The zero-order valence-electron chi connectivity index (χ0n) is 9.84. The molecule has 0 aliphatic carbocycles. The van der Waals surface area contributed by atoms with Crippen molar-refractivity contribution in [1.29, 1.82) is 0 Å². The van der Waals surface area contributed by atoms with Crippen molar-refractivity contribution >= 4 is 15.9 Å². The Hall–Kier alpha value is -1.61. The molecule has 19 heavy (non-hydrogen) atoms. The highest BCUT2D eigenvalue weighted by atomic mass is 32.2. The molecule has 0 saturated carbocycles. The van der Waals surface area contributed by atoms with Crippen LogP contribution in [0.1, 0.15) is 10.4 Å². The Morgan fingerprint density at radius 2 is 1.79 bits per heavy atom. The van der Waals surface area contributed by atoms with Crippen molar-refractivity contribution in [3.8, 4) is 0 Å². The van der Waals surface area contributed by atoms with Crippen LogP contribution < -0.4 is 10.0 Å². The topological polar surface area (TPSA) is 75.3 Å². The van der Waals surface area contributed by atoms with Crippen molar-refractivity contribution in [3.05, 3.63) is 35.1 Å². The molecule has 1 aromatic rings. The Labute approximate surface area is 107 Å². The van der Waals surface area contributed by atoms with Crippen molar-refractivity contribution in [2.45, 2.75) is 0 Å². The Kier molecular flexibility index (Phi) is 4.90. The smallest absolute Gasteiger partial charge is 0.254 e. The Morgan fingerprint density at radius 1 is 1.16 bits per heavy atom. The first-order valence-electron chi connectivity index (χ1n) is 5.08. The molecule has 2 N–H and O–H groups in total. The molecule has 1 aromatic carbocycles. The van der Waals surface area contributed by atoms with Crippen LogP contribution in [0, 0.1) is 17.5 Å². The molecule has 1 rings (SSSR count). The van der Waals surface area contributed by atoms with Gasteiger partial charge >= 0.3 is 0 Å². The maximum atomic E-state index is 13.2. The quantitative estimate of drug-likeness (QED) is 0.609. The molecule has 1 amide bonds. The third-order valence-corrected chi connectivity index (χ3v) is 2.78. The van der Waals surface area contributed by atoms with Gasteiger partial charge in [-0.15, -0.1) is 0 Å². The second kappa shape index (κ2) is 6.02.